The molecule has 59 heavy (non-hydrogen) atoms. The SMILES string of the molecule is c1ccc(-c2ccc(-c3nc4ccccc4n3-c3ccc(-c4ccc5c(c4)C4(c6ccccc6Sc6ccccc64)c4ccccc4-5)cc3)c(-c3ccccc3)n2)cc1. The zero-order valence-corrected chi connectivity index (χ0v) is 32.8. The third kappa shape index (κ3) is 5.16. The minimum atomic E-state index is -0.411. The van der Waals surface area contributed by atoms with Gasteiger partial charge in [-0.2, -0.15) is 0 Å². The fraction of sp³-hybridized carbons (Fsp3) is 0.0182. The summed E-state index contributed by atoms with van der Waals surface area (Å²) in [5.74, 6) is 0.856. The van der Waals surface area contributed by atoms with Gasteiger partial charge in [0.15, 0.2) is 0 Å². The van der Waals surface area contributed by atoms with Crippen molar-refractivity contribution in [2.24, 2.45) is 0 Å². The van der Waals surface area contributed by atoms with Gasteiger partial charge in [0.2, 0.25) is 0 Å². The van der Waals surface area contributed by atoms with Gasteiger partial charge in [0.1, 0.15) is 5.82 Å². The first-order valence-corrected chi connectivity index (χ1v) is 20.9. The summed E-state index contributed by atoms with van der Waals surface area (Å²) in [6.45, 7) is 0. The van der Waals surface area contributed by atoms with Crippen molar-refractivity contribution in [3.63, 3.8) is 0 Å². The topological polar surface area (TPSA) is 30.7 Å². The summed E-state index contributed by atoms with van der Waals surface area (Å²) in [4.78, 5) is 13.2. The number of fused-ring (bicyclic) bond motifs is 10. The Bertz CT molecular complexity index is 3190. The summed E-state index contributed by atoms with van der Waals surface area (Å²) in [7, 11) is 0. The van der Waals surface area contributed by atoms with Crippen LogP contribution in [0, 0.1) is 0 Å². The Morgan fingerprint density at radius 2 is 0.966 bits per heavy atom. The first-order chi connectivity index (χ1) is 29.3. The second-order valence-electron chi connectivity index (χ2n) is 15.3. The molecule has 0 fully saturated rings. The quantitative estimate of drug-likeness (QED) is 0.175. The second kappa shape index (κ2) is 13.4. The molecule has 0 atom stereocenters. The van der Waals surface area contributed by atoms with Gasteiger partial charge in [0.05, 0.1) is 27.8 Å². The number of imidazole rings is 1. The zero-order valence-electron chi connectivity index (χ0n) is 32.0. The molecule has 10 aromatic rings. The molecule has 0 N–H and O–H groups in total. The van der Waals surface area contributed by atoms with Gasteiger partial charge in [0.25, 0.3) is 0 Å². The van der Waals surface area contributed by atoms with Crippen LogP contribution >= 0.6 is 11.8 Å². The van der Waals surface area contributed by atoms with E-state index in [9.17, 15) is 0 Å². The minimum absolute atomic E-state index is 0.411. The molecule has 1 aliphatic heterocycles. The van der Waals surface area contributed by atoms with Crippen LogP contribution in [0.1, 0.15) is 22.3 Å². The average Bonchev–Trinajstić information content (AvgIpc) is 3.84. The number of nitrogens with zero attached hydrogens (tertiary/aromatic N) is 3. The molecule has 0 saturated carbocycles. The van der Waals surface area contributed by atoms with Crippen LogP contribution < -0.4 is 0 Å². The standard InChI is InChI=1S/C55H35N3S/c1-3-15-37(16-4-1)48-34-33-43(53(56-48)38-17-5-2-6-18-38)54-57-49-23-11-12-24-50(49)58(54)40-30-27-36(28-31-40)39-29-32-42-41-19-7-8-20-44(41)55(47(42)35-39)45-21-9-13-25-51(45)59-52-26-14-10-22-46(52)55/h1-35H. The number of para-hydroxylation sites is 2. The molecule has 1 spiro atoms. The van der Waals surface area contributed by atoms with E-state index in [-0.39, 0.29) is 0 Å². The molecule has 2 aromatic heterocycles. The van der Waals surface area contributed by atoms with Crippen molar-refractivity contribution in [1.82, 2.24) is 14.5 Å². The van der Waals surface area contributed by atoms with Gasteiger partial charge in [-0.3, -0.25) is 4.57 Å². The van der Waals surface area contributed by atoms with Crippen LogP contribution in [0.5, 0.6) is 0 Å². The van der Waals surface area contributed by atoms with E-state index in [0.717, 1.165) is 50.6 Å². The van der Waals surface area contributed by atoms with Gasteiger partial charge in [-0.05, 0) is 99.1 Å². The van der Waals surface area contributed by atoms with Crippen molar-refractivity contribution in [2.75, 3.05) is 0 Å². The summed E-state index contributed by atoms with van der Waals surface area (Å²) < 4.78 is 2.28. The molecule has 276 valence electrons. The first-order valence-electron chi connectivity index (χ1n) is 20.1. The predicted octanol–water partition coefficient (Wildman–Crippen LogP) is 13.9. The summed E-state index contributed by atoms with van der Waals surface area (Å²) in [6.07, 6.45) is 0. The fourth-order valence-corrected chi connectivity index (χ4v) is 10.7. The van der Waals surface area contributed by atoms with Crippen molar-refractivity contribution in [2.45, 2.75) is 15.2 Å². The molecular weight excluding hydrogens is 735 g/mol. The van der Waals surface area contributed by atoms with Crippen molar-refractivity contribution < 1.29 is 0 Å². The molecule has 0 bridgehead atoms. The van der Waals surface area contributed by atoms with Gasteiger partial charge in [-0.1, -0.05) is 169 Å². The Morgan fingerprint density at radius 3 is 1.71 bits per heavy atom. The minimum Gasteiger partial charge on any atom is -0.292 e. The van der Waals surface area contributed by atoms with E-state index in [4.69, 9.17) is 9.97 Å². The molecule has 4 heteroatoms. The molecule has 0 unspecified atom stereocenters. The highest BCUT2D eigenvalue weighted by Gasteiger charge is 2.50. The number of rotatable bonds is 5. The third-order valence-electron chi connectivity index (χ3n) is 12.1. The van der Waals surface area contributed by atoms with Crippen LogP contribution in [0.4, 0.5) is 0 Å². The van der Waals surface area contributed by atoms with E-state index in [1.54, 1.807) is 0 Å². The zero-order chi connectivity index (χ0) is 38.9. The van der Waals surface area contributed by atoms with Crippen molar-refractivity contribution in [1.29, 1.82) is 0 Å². The third-order valence-corrected chi connectivity index (χ3v) is 13.3. The van der Waals surface area contributed by atoms with Gasteiger partial charge in [-0.15, -0.1) is 0 Å². The molecular formula is C55H35N3S. The van der Waals surface area contributed by atoms with E-state index in [0.29, 0.717) is 0 Å². The summed E-state index contributed by atoms with van der Waals surface area (Å²) in [5, 5.41) is 0. The van der Waals surface area contributed by atoms with Crippen molar-refractivity contribution >= 4 is 22.8 Å². The molecule has 3 nitrogen and oxygen atoms in total. The summed E-state index contributed by atoms with van der Waals surface area (Å²) in [5.41, 5.74) is 17.9. The molecule has 0 saturated heterocycles. The maximum atomic E-state index is 5.30. The van der Waals surface area contributed by atoms with Crippen LogP contribution in [0.3, 0.4) is 0 Å². The molecule has 3 heterocycles. The number of benzene rings is 8. The monoisotopic (exact) mass is 769 g/mol. The normalized spacial score (nSPS) is 13.2. The molecule has 0 amide bonds. The largest absolute Gasteiger partial charge is 0.292 e. The maximum absolute atomic E-state index is 5.30. The van der Waals surface area contributed by atoms with Crippen molar-refractivity contribution in [3.05, 3.63) is 235 Å². The van der Waals surface area contributed by atoms with E-state index in [1.165, 1.54) is 54.3 Å². The fourth-order valence-electron chi connectivity index (χ4n) is 9.53. The lowest BCUT2D eigenvalue weighted by Gasteiger charge is -2.39. The van der Waals surface area contributed by atoms with E-state index in [1.807, 2.05) is 23.9 Å². The Morgan fingerprint density at radius 1 is 0.390 bits per heavy atom. The van der Waals surface area contributed by atoms with Crippen LogP contribution in [-0.2, 0) is 5.41 Å². The Labute approximate surface area is 347 Å². The maximum Gasteiger partial charge on any atom is 0.147 e. The highest BCUT2D eigenvalue weighted by atomic mass is 32.2. The molecule has 2 aliphatic rings. The average molecular weight is 770 g/mol. The number of pyridine rings is 1. The van der Waals surface area contributed by atoms with Gasteiger partial charge in [0, 0.05) is 32.2 Å². The number of aromatic nitrogens is 3. The highest BCUT2D eigenvalue weighted by Crippen LogP contribution is 2.62. The number of hydrogen-bond acceptors (Lipinski definition) is 3. The molecule has 12 rings (SSSR count). The molecule has 8 aromatic carbocycles. The van der Waals surface area contributed by atoms with E-state index >= 15 is 0 Å². The predicted molar refractivity (Wildman–Crippen MR) is 242 cm³/mol. The van der Waals surface area contributed by atoms with E-state index in [2.05, 4.69) is 205 Å². The number of hydrogen-bond donors (Lipinski definition) is 0. The lowest BCUT2D eigenvalue weighted by molar-refractivity contribution is 0.722. The highest BCUT2D eigenvalue weighted by molar-refractivity contribution is 7.99. The van der Waals surface area contributed by atoms with Crippen LogP contribution in [0.15, 0.2) is 222 Å². The Hall–Kier alpha value is -7.27. The van der Waals surface area contributed by atoms with Crippen LogP contribution in [0.2, 0.25) is 0 Å². The lowest BCUT2D eigenvalue weighted by atomic mass is 9.67. The molecule has 0 radical (unpaired) electrons. The van der Waals surface area contributed by atoms with Gasteiger partial charge >= 0.3 is 0 Å². The Balaban J connectivity index is 1.01. The van der Waals surface area contributed by atoms with Gasteiger partial charge < -0.3 is 0 Å². The van der Waals surface area contributed by atoms with Crippen molar-refractivity contribution in [3.8, 4) is 61.8 Å². The second-order valence-corrected chi connectivity index (χ2v) is 16.4. The Kier molecular flexibility index (Phi) is 7.69. The van der Waals surface area contributed by atoms with Gasteiger partial charge in [-0.25, -0.2) is 9.97 Å². The summed E-state index contributed by atoms with van der Waals surface area (Å²) in [6, 6.07) is 76.6. The first kappa shape index (κ1) is 33.8. The van der Waals surface area contributed by atoms with E-state index < -0.39 is 5.41 Å². The summed E-state index contributed by atoms with van der Waals surface area (Å²) >= 11 is 1.88. The molecule has 1 aliphatic carbocycles. The van der Waals surface area contributed by atoms with Crippen LogP contribution in [-0.4, -0.2) is 14.5 Å². The van der Waals surface area contributed by atoms with Crippen LogP contribution in [0.25, 0.3) is 72.9 Å². The lowest BCUT2D eigenvalue weighted by Crippen LogP contribution is -2.31. The smallest absolute Gasteiger partial charge is 0.147 e.